The van der Waals surface area contributed by atoms with Crippen molar-refractivity contribution in [2.75, 3.05) is 31.9 Å². The first kappa shape index (κ1) is 13.4. The molecule has 1 fully saturated rings. The van der Waals surface area contributed by atoms with Gasteiger partial charge in [-0.05, 0) is 30.7 Å². The number of halogens is 1. The van der Waals surface area contributed by atoms with E-state index in [9.17, 15) is 9.18 Å². The van der Waals surface area contributed by atoms with Crippen LogP contribution >= 0.6 is 11.8 Å². The largest absolute Gasteiger partial charge is 0.339 e. The zero-order valence-corrected chi connectivity index (χ0v) is 11.2. The monoisotopic (exact) mass is 268 g/mol. The van der Waals surface area contributed by atoms with Crippen LogP contribution in [-0.4, -0.2) is 42.7 Å². The highest BCUT2D eigenvalue weighted by molar-refractivity contribution is 8.00. The molecule has 1 aromatic rings. The fraction of sp³-hybridized carbons (Fsp3) is 0.462. The van der Waals surface area contributed by atoms with Crippen molar-refractivity contribution in [1.82, 2.24) is 10.2 Å². The van der Waals surface area contributed by atoms with E-state index in [4.69, 9.17) is 0 Å². The summed E-state index contributed by atoms with van der Waals surface area (Å²) < 4.78 is 13.1. The predicted octanol–water partition coefficient (Wildman–Crippen LogP) is 1.66. The van der Waals surface area contributed by atoms with Gasteiger partial charge >= 0.3 is 0 Å². The maximum absolute atomic E-state index is 13.1. The molecule has 3 nitrogen and oxygen atoms in total. The Morgan fingerprint density at radius 3 is 2.83 bits per heavy atom. The van der Waals surface area contributed by atoms with Gasteiger partial charge in [-0.2, -0.15) is 0 Å². The van der Waals surface area contributed by atoms with Gasteiger partial charge in [0.05, 0.1) is 5.75 Å². The summed E-state index contributed by atoms with van der Waals surface area (Å²) in [5.74, 6) is 0.377. The molecule has 0 radical (unpaired) electrons. The van der Waals surface area contributed by atoms with E-state index in [-0.39, 0.29) is 11.7 Å². The number of aryl methyl sites for hydroxylation is 1. The third-order valence-electron chi connectivity index (χ3n) is 2.96. The Labute approximate surface area is 111 Å². The number of rotatable bonds is 3. The standard InChI is InChI=1S/C13H17FN2OS/c1-10-8-11(2-3-12(10)14)18-9-13(17)16-6-4-15-5-7-16/h2-3,8,15H,4-7,9H2,1H3. The van der Waals surface area contributed by atoms with Crippen molar-refractivity contribution in [3.63, 3.8) is 0 Å². The van der Waals surface area contributed by atoms with Crippen LogP contribution in [0.5, 0.6) is 0 Å². The Bertz CT molecular complexity index is 433. The molecule has 0 unspecified atom stereocenters. The van der Waals surface area contributed by atoms with Gasteiger partial charge in [0.2, 0.25) is 5.91 Å². The van der Waals surface area contributed by atoms with E-state index in [1.54, 1.807) is 19.1 Å². The van der Waals surface area contributed by atoms with E-state index in [1.165, 1.54) is 17.8 Å². The summed E-state index contributed by atoms with van der Waals surface area (Å²) in [6, 6.07) is 4.95. The molecular weight excluding hydrogens is 251 g/mol. The first-order valence-corrected chi connectivity index (χ1v) is 7.03. The number of benzene rings is 1. The first-order valence-electron chi connectivity index (χ1n) is 6.04. The van der Waals surface area contributed by atoms with Crippen molar-refractivity contribution < 1.29 is 9.18 Å². The average Bonchev–Trinajstić information content (AvgIpc) is 2.41. The minimum atomic E-state index is -0.201. The van der Waals surface area contributed by atoms with Gasteiger partial charge < -0.3 is 10.2 Å². The van der Waals surface area contributed by atoms with Crippen LogP contribution in [0.25, 0.3) is 0 Å². The van der Waals surface area contributed by atoms with Gasteiger partial charge in [0, 0.05) is 31.1 Å². The topological polar surface area (TPSA) is 32.3 Å². The number of thioether (sulfide) groups is 1. The second-order valence-corrected chi connectivity index (χ2v) is 5.38. The Kier molecular flexibility index (Phi) is 4.60. The maximum Gasteiger partial charge on any atom is 0.233 e. The molecule has 0 aliphatic carbocycles. The highest BCUT2D eigenvalue weighted by atomic mass is 32.2. The summed E-state index contributed by atoms with van der Waals surface area (Å²) in [5.41, 5.74) is 0.620. The van der Waals surface area contributed by atoms with Crippen molar-refractivity contribution in [2.24, 2.45) is 0 Å². The Hall–Kier alpha value is -1.07. The quantitative estimate of drug-likeness (QED) is 0.846. The van der Waals surface area contributed by atoms with Crippen molar-refractivity contribution in [1.29, 1.82) is 0 Å². The van der Waals surface area contributed by atoms with Crippen LogP contribution in [0.2, 0.25) is 0 Å². The number of nitrogens with zero attached hydrogens (tertiary/aromatic N) is 1. The lowest BCUT2D eigenvalue weighted by molar-refractivity contribution is -0.128. The van der Waals surface area contributed by atoms with E-state index in [1.807, 2.05) is 4.90 Å². The molecule has 1 aliphatic heterocycles. The highest BCUT2D eigenvalue weighted by Gasteiger charge is 2.16. The molecule has 0 saturated carbocycles. The Balaban J connectivity index is 1.86. The number of hydrogen-bond acceptors (Lipinski definition) is 3. The summed E-state index contributed by atoms with van der Waals surface area (Å²) in [5, 5.41) is 3.21. The molecule has 1 heterocycles. The zero-order valence-electron chi connectivity index (χ0n) is 10.4. The van der Waals surface area contributed by atoms with Gasteiger partial charge in [0.15, 0.2) is 0 Å². The van der Waals surface area contributed by atoms with Crippen LogP contribution in [-0.2, 0) is 4.79 Å². The smallest absolute Gasteiger partial charge is 0.233 e. The molecule has 1 aliphatic rings. The number of nitrogens with one attached hydrogen (secondary N) is 1. The molecule has 2 rings (SSSR count). The van der Waals surface area contributed by atoms with Crippen molar-refractivity contribution in [2.45, 2.75) is 11.8 Å². The van der Waals surface area contributed by atoms with E-state index in [0.717, 1.165) is 31.1 Å². The summed E-state index contributed by atoms with van der Waals surface area (Å²) in [6.07, 6.45) is 0. The molecule has 98 valence electrons. The van der Waals surface area contributed by atoms with Gasteiger partial charge in [0.25, 0.3) is 0 Å². The first-order chi connectivity index (χ1) is 8.66. The lowest BCUT2D eigenvalue weighted by Gasteiger charge is -2.27. The van der Waals surface area contributed by atoms with Crippen LogP contribution in [0.15, 0.2) is 23.1 Å². The number of carbonyl (C=O) groups excluding carboxylic acids is 1. The summed E-state index contributed by atoms with van der Waals surface area (Å²) >= 11 is 1.47. The van der Waals surface area contributed by atoms with Crippen molar-refractivity contribution in [3.05, 3.63) is 29.6 Å². The van der Waals surface area contributed by atoms with E-state index in [0.29, 0.717) is 11.3 Å². The average molecular weight is 268 g/mol. The second-order valence-electron chi connectivity index (χ2n) is 4.33. The fourth-order valence-corrected chi connectivity index (χ4v) is 2.75. The van der Waals surface area contributed by atoms with E-state index in [2.05, 4.69) is 5.32 Å². The number of amides is 1. The second kappa shape index (κ2) is 6.20. The van der Waals surface area contributed by atoms with Crippen LogP contribution in [0.3, 0.4) is 0 Å². The zero-order chi connectivity index (χ0) is 13.0. The molecule has 0 bridgehead atoms. The van der Waals surface area contributed by atoms with E-state index < -0.39 is 0 Å². The van der Waals surface area contributed by atoms with Gasteiger partial charge in [-0.3, -0.25) is 4.79 Å². The molecule has 0 aromatic heterocycles. The summed E-state index contributed by atoms with van der Waals surface area (Å²) in [7, 11) is 0. The summed E-state index contributed by atoms with van der Waals surface area (Å²) in [6.45, 7) is 5.03. The van der Waals surface area contributed by atoms with Gasteiger partial charge in [-0.1, -0.05) is 0 Å². The lowest BCUT2D eigenvalue weighted by Crippen LogP contribution is -2.47. The molecular formula is C13H17FN2OS. The van der Waals surface area contributed by atoms with Crippen LogP contribution < -0.4 is 5.32 Å². The van der Waals surface area contributed by atoms with E-state index >= 15 is 0 Å². The minimum absolute atomic E-state index is 0.156. The number of hydrogen-bond donors (Lipinski definition) is 1. The van der Waals surface area contributed by atoms with Gasteiger partial charge in [0.1, 0.15) is 5.82 Å². The molecule has 18 heavy (non-hydrogen) atoms. The van der Waals surface area contributed by atoms with Gasteiger partial charge in [-0.15, -0.1) is 11.8 Å². The highest BCUT2D eigenvalue weighted by Crippen LogP contribution is 2.21. The third kappa shape index (κ3) is 3.46. The Morgan fingerprint density at radius 1 is 1.44 bits per heavy atom. The third-order valence-corrected chi connectivity index (χ3v) is 3.94. The molecule has 5 heteroatoms. The van der Waals surface area contributed by atoms with Crippen LogP contribution in [0, 0.1) is 12.7 Å². The molecule has 0 spiro atoms. The molecule has 1 amide bonds. The SMILES string of the molecule is Cc1cc(SCC(=O)N2CCNCC2)ccc1F. The number of carbonyl (C=O) groups is 1. The van der Waals surface area contributed by atoms with Crippen molar-refractivity contribution >= 4 is 17.7 Å². The predicted molar refractivity (Wildman–Crippen MR) is 71.3 cm³/mol. The van der Waals surface area contributed by atoms with Crippen LogP contribution in [0.4, 0.5) is 4.39 Å². The molecule has 1 N–H and O–H groups in total. The molecule has 0 atom stereocenters. The number of piperazine rings is 1. The summed E-state index contributed by atoms with van der Waals surface area (Å²) in [4.78, 5) is 14.7. The Morgan fingerprint density at radius 2 is 2.17 bits per heavy atom. The lowest BCUT2D eigenvalue weighted by atomic mass is 10.2. The van der Waals surface area contributed by atoms with Crippen molar-refractivity contribution in [3.8, 4) is 0 Å². The van der Waals surface area contributed by atoms with Gasteiger partial charge in [-0.25, -0.2) is 4.39 Å². The normalized spacial score (nSPS) is 15.8. The molecule has 1 saturated heterocycles. The van der Waals surface area contributed by atoms with Crippen LogP contribution in [0.1, 0.15) is 5.56 Å². The minimum Gasteiger partial charge on any atom is -0.339 e. The maximum atomic E-state index is 13.1. The molecule has 1 aromatic carbocycles. The fourth-order valence-electron chi connectivity index (χ4n) is 1.86.